The standard InChI is InChI=1S/C19H18N4O4/c1-24-15-8-13(9-16(25-2)17(15)26-3)22-18-19-21-10-14(12-4-7-27-11-12)23(19)6-5-20-18/h4-11H,1-3H3,(H,20,22). The van der Waals surface area contributed by atoms with Crippen LogP contribution in [0.5, 0.6) is 17.2 Å². The molecule has 0 aliphatic heterocycles. The summed E-state index contributed by atoms with van der Waals surface area (Å²) in [4.78, 5) is 8.92. The summed E-state index contributed by atoms with van der Waals surface area (Å²) < 4.78 is 23.3. The number of nitrogens with one attached hydrogen (secondary N) is 1. The summed E-state index contributed by atoms with van der Waals surface area (Å²) in [7, 11) is 4.72. The van der Waals surface area contributed by atoms with Gasteiger partial charge in [0.25, 0.3) is 0 Å². The lowest BCUT2D eigenvalue weighted by atomic mass is 10.2. The van der Waals surface area contributed by atoms with Crippen LogP contribution in [0.3, 0.4) is 0 Å². The van der Waals surface area contributed by atoms with Crippen LogP contribution in [0.25, 0.3) is 16.9 Å². The van der Waals surface area contributed by atoms with Crippen LogP contribution in [0.15, 0.2) is 53.7 Å². The van der Waals surface area contributed by atoms with Crippen LogP contribution < -0.4 is 19.5 Å². The van der Waals surface area contributed by atoms with Crippen molar-refractivity contribution in [2.45, 2.75) is 0 Å². The molecule has 0 bridgehead atoms. The van der Waals surface area contributed by atoms with E-state index >= 15 is 0 Å². The van der Waals surface area contributed by atoms with E-state index in [1.165, 1.54) is 0 Å². The molecule has 138 valence electrons. The van der Waals surface area contributed by atoms with Crippen molar-refractivity contribution in [3.63, 3.8) is 0 Å². The number of hydrogen-bond donors (Lipinski definition) is 1. The van der Waals surface area contributed by atoms with Crippen molar-refractivity contribution in [2.24, 2.45) is 0 Å². The predicted octanol–water partition coefficient (Wildman–Crippen LogP) is 3.76. The van der Waals surface area contributed by atoms with Gasteiger partial charge in [-0.25, -0.2) is 9.97 Å². The third-order valence-corrected chi connectivity index (χ3v) is 4.17. The summed E-state index contributed by atoms with van der Waals surface area (Å²) in [6.45, 7) is 0. The lowest BCUT2D eigenvalue weighted by molar-refractivity contribution is 0.324. The smallest absolute Gasteiger partial charge is 0.203 e. The molecule has 0 atom stereocenters. The molecule has 3 aromatic heterocycles. The maximum Gasteiger partial charge on any atom is 0.203 e. The van der Waals surface area contributed by atoms with E-state index in [1.54, 1.807) is 46.2 Å². The molecule has 0 saturated heterocycles. The normalized spacial score (nSPS) is 10.8. The molecule has 0 aliphatic rings. The van der Waals surface area contributed by atoms with Gasteiger partial charge < -0.3 is 23.9 Å². The monoisotopic (exact) mass is 366 g/mol. The fourth-order valence-corrected chi connectivity index (χ4v) is 2.92. The Morgan fingerprint density at radius 1 is 1.04 bits per heavy atom. The minimum absolute atomic E-state index is 0.528. The van der Waals surface area contributed by atoms with Crippen molar-refractivity contribution >= 4 is 17.2 Å². The zero-order chi connectivity index (χ0) is 18.8. The summed E-state index contributed by atoms with van der Waals surface area (Å²) in [5, 5.41) is 3.27. The first-order chi connectivity index (χ1) is 13.2. The van der Waals surface area contributed by atoms with Gasteiger partial charge in [0.2, 0.25) is 5.75 Å². The highest BCUT2D eigenvalue weighted by molar-refractivity contribution is 5.75. The van der Waals surface area contributed by atoms with E-state index in [0.717, 1.165) is 16.9 Å². The van der Waals surface area contributed by atoms with E-state index in [9.17, 15) is 0 Å². The van der Waals surface area contributed by atoms with Crippen LogP contribution >= 0.6 is 0 Å². The number of aromatic nitrogens is 3. The SMILES string of the molecule is COc1cc(Nc2nccn3c(-c4ccoc4)cnc23)cc(OC)c1OC. The molecule has 4 rings (SSSR count). The van der Waals surface area contributed by atoms with Crippen LogP contribution in [-0.4, -0.2) is 35.7 Å². The van der Waals surface area contributed by atoms with E-state index < -0.39 is 0 Å². The second-order valence-corrected chi connectivity index (χ2v) is 5.66. The van der Waals surface area contributed by atoms with Gasteiger partial charge in [0.1, 0.15) is 0 Å². The van der Waals surface area contributed by atoms with Gasteiger partial charge in [-0.2, -0.15) is 0 Å². The molecule has 27 heavy (non-hydrogen) atoms. The van der Waals surface area contributed by atoms with Crippen molar-refractivity contribution in [3.8, 4) is 28.5 Å². The van der Waals surface area contributed by atoms with Gasteiger partial charge in [-0.3, -0.25) is 4.40 Å². The molecule has 0 fully saturated rings. The summed E-state index contributed by atoms with van der Waals surface area (Å²) in [5.41, 5.74) is 3.27. The zero-order valence-corrected chi connectivity index (χ0v) is 15.1. The minimum Gasteiger partial charge on any atom is -0.493 e. The lowest BCUT2D eigenvalue weighted by Crippen LogP contribution is -2.01. The number of ether oxygens (including phenoxy) is 3. The average molecular weight is 366 g/mol. The first-order valence-electron chi connectivity index (χ1n) is 8.16. The number of anilines is 2. The van der Waals surface area contributed by atoms with Crippen molar-refractivity contribution in [1.29, 1.82) is 0 Å². The fraction of sp³-hybridized carbons (Fsp3) is 0.158. The highest BCUT2D eigenvalue weighted by Gasteiger charge is 2.15. The summed E-state index contributed by atoms with van der Waals surface area (Å²) >= 11 is 0. The van der Waals surface area contributed by atoms with E-state index in [-0.39, 0.29) is 0 Å². The first-order valence-corrected chi connectivity index (χ1v) is 8.16. The van der Waals surface area contributed by atoms with E-state index in [2.05, 4.69) is 15.3 Å². The summed E-state index contributed by atoms with van der Waals surface area (Å²) in [5.74, 6) is 2.23. The molecule has 0 unspecified atom stereocenters. The highest BCUT2D eigenvalue weighted by Crippen LogP contribution is 2.40. The average Bonchev–Trinajstić information content (AvgIpc) is 3.37. The third-order valence-electron chi connectivity index (χ3n) is 4.17. The van der Waals surface area contributed by atoms with Crippen LogP contribution in [0.1, 0.15) is 0 Å². The Labute approximate surface area is 155 Å². The molecule has 0 radical (unpaired) electrons. The molecule has 8 nitrogen and oxygen atoms in total. The number of rotatable bonds is 6. The van der Waals surface area contributed by atoms with Gasteiger partial charge in [-0.1, -0.05) is 0 Å². The largest absolute Gasteiger partial charge is 0.493 e. The molecule has 0 aliphatic carbocycles. The number of hydrogen-bond acceptors (Lipinski definition) is 7. The molecule has 3 heterocycles. The van der Waals surface area contributed by atoms with Crippen molar-refractivity contribution < 1.29 is 18.6 Å². The molecule has 8 heteroatoms. The molecular weight excluding hydrogens is 348 g/mol. The van der Waals surface area contributed by atoms with Gasteiger partial charge in [-0.15, -0.1) is 0 Å². The fourth-order valence-electron chi connectivity index (χ4n) is 2.92. The van der Waals surface area contributed by atoms with Crippen LogP contribution in [0.2, 0.25) is 0 Å². The minimum atomic E-state index is 0.528. The zero-order valence-electron chi connectivity index (χ0n) is 15.1. The number of imidazole rings is 1. The highest BCUT2D eigenvalue weighted by atomic mass is 16.5. The predicted molar refractivity (Wildman–Crippen MR) is 100 cm³/mol. The Hall–Kier alpha value is -3.68. The van der Waals surface area contributed by atoms with E-state index in [1.807, 2.05) is 28.8 Å². The number of nitrogens with zero attached hydrogens (tertiary/aromatic N) is 3. The molecule has 0 amide bonds. The van der Waals surface area contributed by atoms with Gasteiger partial charge in [0, 0.05) is 35.8 Å². The maximum absolute atomic E-state index is 5.40. The topological polar surface area (TPSA) is 83.1 Å². The Morgan fingerprint density at radius 2 is 1.81 bits per heavy atom. The second kappa shape index (κ2) is 6.91. The Bertz CT molecular complexity index is 1050. The van der Waals surface area contributed by atoms with Gasteiger partial charge in [-0.05, 0) is 6.07 Å². The quantitative estimate of drug-likeness (QED) is 0.556. The molecule has 4 aromatic rings. The van der Waals surface area contributed by atoms with Crippen molar-refractivity contribution in [3.05, 3.63) is 49.3 Å². The molecule has 1 N–H and O–H groups in total. The van der Waals surface area contributed by atoms with Crippen LogP contribution in [-0.2, 0) is 0 Å². The molecule has 1 aromatic carbocycles. The van der Waals surface area contributed by atoms with Gasteiger partial charge in [0.15, 0.2) is 23.0 Å². The molecular formula is C19H18N4O4. The van der Waals surface area contributed by atoms with Crippen molar-refractivity contribution in [2.75, 3.05) is 26.6 Å². The number of benzene rings is 1. The number of furan rings is 1. The Morgan fingerprint density at radius 3 is 2.44 bits per heavy atom. The third kappa shape index (κ3) is 2.91. The molecule has 0 saturated carbocycles. The maximum atomic E-state index is 5.40. The Balaban J connectivity index is 1.76. The van der Waals surface area contributed by atoms with Gasteiger partial charge >= 0.3 is 0 Å². The summed E-state index contributed by atoms with van der Waals surface area (Å²) in [6.07, 6.45) is 8.65. The van der Waals surface area contributed by atoms with Crippen molar-refractivity contribution in [1.82, 2.24) is 14.4 Å². The van der Waals surface area contributed by atoms with Crippen LogP contribution in [0, 0.1) is 0 Å². The summed E-state index contributed by atoms with van der Waals surface area (Å²) in [6, 6.07) is 5.51. The van der Waals surface area contributed by atoms with Crippen LogP contribution in [0.4, 0.5) is 11.5 Å². The number of fused-ring (bicyclic) bond motifs is 1. The molecule has 0 spiro atoms. The first kappa shape index (κ1) is 16.8. The van der Waals surface area contributed by atoms with E-state index in [4.69, 9.17) is 18.6 Å². The Kier molecular flexibility index (Phi) is 4.29. The van der Waals surface area contributed by atoms with Gasteiger partial charge in [0.05, 0.1) is 45.7 Å². The van der Waals surface area contributed by atoms with E-state index in [0.29, 0.717) is 28.7 Å². The number of methoxy groups -OCH3 is 3. The second-order valence-electron chi connectivity index (χ2n) is 5.66. The lowest BCUT2D eigenvalue weighted by Gasteiger charge is -2.15.